The van der Waals surface area contributed by atoms with E-state index in [1.165, 1.54) is 10.9 Å². The summed E-state index contributed by atoms with van der Waals surface area (Å²) in [4.78, 5) is 29.2. The highest BCUT2D eigenvalue weighted by molar-refractivity contribution is 5.91. The van der Waals surface area contributed by atoms with Gasteiger partial charge in [0.05, 0.1) is 18.0 Å². The summed E-state index contributed by atoms with van der Waals surface area (Å²) in [6.07, 6.45) is 4.95. The first-order valence-corrected chi connectivity index (χ1v) is 9.35. The predicted octanol–water partition coefficient (Wildman–Crippen LogP) is 1.05. The number of carbonyl (C=O) groups is 2. The summed E-state index contributed by atoms with van der Waals surface area (Å²) in [5, 5.41) is 15.8. The Labute approximate surface area is 161 Å². The van der Waals surface area contributed by atoms with Crippen LogP contribution in [0.25, 0.3) is 0 Å². The lowest BCUT2D eigenvalue weighted by Gasteiger charge is -2.39. The number of carbonyl (C=O) groups excluding carboxylic acids is 1. The lowest BCUT2D eigenvalue weighted by atomic mass is 9.88. The molecule has 1 spiro atoms. The van der Waals surface area contributed by atoms with E-state index in [0.29, 0.717) is 18.3 Å². The zero-order chi connectivity index (χ0) is 19.7. The number of aromatic carboxylic acids is 1. The maximum atomic E-state index is 12.0. The van der Waals surface area contributed by atoms with Gasteiger partial charge in [-0.05, 0) is 37.8 Å². The minimum atomic E-state index is -1.13. The molecule has 2 aliphatic rings. The zero-order valence-electron chi connectivity index (χ0n) is 15.6. The maximum absolute atomic E-state index is 12.0. The fourth-order valence-corrected chi connectivity index (χ4v) is 3.96. The highest BCUT2D eigenvalue weighted by Gasteiger charge is 2.43. The van der Waals surface area contributed by atoms with Crippen molar-refractivity contribution in [1.82, 2.24) is 20.1 Å². The second-order valence-corrected chi connectivity index (χ2v) is 7.30. The number of hydrogen-bond donors (Lipinski definition) is 2. The molecule has 1 amide bonds. The molecule has 2 aliphatic heterocycles. The molecule has 0 saturated carbocycles. The van der Waals surface area contributed by atoms with Gasteiger partial charge in [0, 0.05) is 26.7 Å². The molecule has 4 rings (SSSR count). The summed E-state index contributed by atoms with van der Waals surface area (Å²) in [6.45, 7) is 1.89. The van der Waals surface area contributed by atoms with E-state index >= 15 is 0 Å². The molecule has 10 heteroatoms. The number of nitrogens with one attached hydrogen (secondary N) is 1. The number of furan rings is 1. The molecule has 1 atom stereocenters. The van der Waals surface area contributed by atoms with Gasteiger partial charge in [-0.3, -0.25) is 4.79 Å². The fourth-order valence-electron chi connectivity index (χ4n) is 3.96. The average Bonchev–Trinajstić information content (AvgIpc) is 3.41. The molecule has 150 valence electrons. The summed E-state index contributed by atoms with van der Waals surface area (Å²) in [6, 6.07) is 3.31. The molecule has 10 nitrogen and oxygen atoms in total. The van der Waals surface area contributed by atoms with Crippen LogP contribution in [-0.2, 0) is 11.8 Å². The lowest BCUT2D eigenvalue weighted by Crippen LogP contribution is -2.46. The molecule has 1 unspecified atom stereocenters. The van der Waals surface area contributed by atoms with E-state index in [1.54, 1.807) is 19.2 Å². The molecule has 2 fully saturated rings. The van der Waals surface area contributed by atoms with Gasteiger partial charge in [-0.2, -0.15) is 4.98 Å². The number of piperidine rings is 1. The van der Waals surface area contributed by atoms with E-state index in [4.69, 9.17) is 14.3 Å². The molecule has 4 heterocycles. The van der Waals surface area contributed by atoms with E-state index in [0.717, 1.165) is 38.8 Å². The normalized spacial score (nSPS) is 21.2. The summed E-state index contributed by atoms with van der Waals surface area (Å²) in [5.74, 6) is -0.699. The highest BCUT2D eigenvalue weighted by Crippen LogP contribution is 2.39. The Morgan fingerprint density at radius 2 is 2.14 bits per heavy atom. The third-order valence-corrected chi connectivity index (χ3v) is 5.46. The average molecular weight is 389 g/mol. The van der Waals surface area contributed by atoms with E-state index in [9.17, 15) is 9.59 Å². The van der Waals surface area contributed by atoms with Crippen molar-refractivity contribution >= 4 is 17.8 Å². The number of rotatable bonds is 5. The fraction of sp³-hybridized carbons (Fsp3) is 0.556. The first-order valence-electron chi connectivity index (χ1n) is 9.35. The predicted molar refractivity (Wildman–Crippen MR) is 97.3 cm³/mol. The summed E-state index contributed by atoms with van der Waals surface area (Å²) in [7, 11) is 1.70. The van der Waals surface area contributed by atoms with Crippen LogP contribution in [0.15, 0.2) is 22.8 Å². The molecule has 2 aromatic rings. The van der Waals surface area contributed by atoms with Gasteiger partial charge in [0.2, 0.25) is 5.95 Å². The topological polar surface area (TPSA) is 123 Å². The quantitative estimate of drug-likeness (QED) is 0.778. The van der Waals surface area contributed by atoms with Crippen molar-refractivity contribution < 1.29 is 23.8 Å². The zero-order valence-corrected chi connectivity index (χ0v) is 15.6. The Morgan fingerprint density at radius 3 is 2.79 bits per heavy atom. The number of aryl methyl sites for hydroxylation is 1. The Balaban J connectivity index is 1.30. The van der Waals surface area contributed by atoms with E-state index < -0.39 is 5.97 Å². The molecule has 0 aromatic carbocycles. The maximum Gasteiger partial charge on any atom is 0.375 e. The highest BCUT2D eigenvalue weighted by atomic mass is 16.5. The van der Waals surface area contributed by atoms with Crippen LogP contribution < -0.4 is 10.2 Å². The second kappa shape index (κ2) is 7.27. The Kier molecular flexibility index (Phi) is 4.80. The van der Waals surface area contributed by atoms with Crippen LogP contribution in [0.5, 0.6) is 0 Å². The van der Waals surface area contributed by atoms with Gasteiger partial charge >= 0.3 is 5.97 Å². The van der Waals surface area contributed by atoms with Crippen LogP contribution in [0, 0.1) is 0 Å². The Bertz CT molecular complexity index is 854. The smallest absolute Gasteiger partial charge is 0.375 e. The number of anilines is 1. The van der Waals surface area contributed by atoms with Gasteiger partial charge in [0.1, 0.15) is 0 Å². The Hall–Kier alpha value is -2.88. The second-order valence-electron chi connectivity index (χ2n) is 7.30. The minimum Gasteiger partial charge on any atom is -0.475 e. The third-order valence-electron chi connectivity index (χ3n) is 5.46. The molecular formula is C18H23N5O5. The number of aromatic nitrogens is 3. The molecule has 2 saturated heterocycles. The molecule has 0 bridgehead atoms. The number of carboxylic acid groups (broad SMARTS) is 1. The molecule has 0 aliphatic carbocycles. The number of ether oxygens (including phenoxy) is 1. The van der Waals surface area contributed by atoms with Crippen molar-refractivity contribution in [2.24, 2.45) is 7.05 Å². The number of carboxylic acids is 1. The first-order chi connectivity index (χ1) is 13.5. The van der Waals surface area contributed by atoms with E-state index in [1.807, 2.05) is 4.90 Å². The Morgan fingerprint density at radius 1 is 1.36 bits per heavy atom. The van der Waals surface area contributed by atoms with E-state index in [-0.39, 0.29) is 23.4 Å². The van der Waals surface area contributed by atoms with E-state index in [2.05, 4.69) is 15.4 Å². The van der Waals surface area contributed by atoms with Crippen LogP contribution in [0.1, 0.15) is 46.9 Å². The van der Waals surface area contributed by atoms with Gasteiger partial charge in [-0.25, -0.2) is 9.48 Å². The molecule has 28 heavy (non-hydrogen) atoms. The van der Waals surface area contributed by atoms with Crippen molar-refractivity contribution in [3.05, 3.63) is 30.0 Å². The summed E-state index contributed by atoms with van der Waals surface area (Å²) < 4.78 is 12.9. The number of hydrogen-bond acceptors (Lipinski definition) is 7. The lowest BCUT2D eigenvalue weighted by molar-refractivity contribution is -0.0544. The summed E-state index contributed by atoms with van der Waals surface area (Å²) in [5.41, 5.74) is -0.190. The van der Waals surface area contributed by atoms with Gasteiger partial charge in [0.25, 0.3) is 11.7 Å². The van der Waals surface area contributed by atoms with Gasteiger partial charge in [-0.15, -0.1) is 5.10 Å². The van der Waals surface area contributed by atoms with Crippen molar-refractivity contribution in [3.8, 4) is 0 Å². The van der Waals surface area contributed by atoms with Crippen LogP contribution >= 0.6 is 0 Å². The molecular weight excluding hydrogens is 366 g/mol. The SMILES string of the molecule is Cn1nc(C(=O)O)nc1N1CCC2(CCC(CNC(=O)c3ccco3)O2)CC1. The molecule has 0 radical (unpaired) electrons. The first kappa shape index (κ1) is 18.5. The van der Waals surface area contributed by atoms with Crippen LogP contribution in [-0.4, -0.2) is 63.1 Å². The van der Waals surface area contributed by atoms with Crippen LogP contribution in [0.4, 0.5) is 5.95 Å². The largest absolute Gasteiger partial charge is 0.475 e. The van der Waals surface area contributed by atoms with Crippen molar-refractivity contribution in [2.45, 2.75) is 37.4 Å². The summed E-state index contributed by atoms with van der Waals surface area (Å²) >= 11 is 0. The minimum absolute atomic E-state index is 0.0149. The van der Waals surface area contributed by atoms with Crippen LogP contribution in [0.3, 0.4) is 0 Å². The standard InChI is InChI=1S/C18H23N5O5/c1-22-17(20-14(21-22)16(25)26)23-8-6-18(7-9-23)5-4-12(28-18)11-19-15(24)13-3-2-10-27-13/h2-3,10,12H,4-9,11H2,1H3,(H,19,24)(H,25,26). The number of nitrogens with zero attached hydrogens (tertiary/aromatic N) is 4. The van der Waals surface area contributed by atoms with Gasteiger partial charge < -0.3 is 24.5 Å². The number of amides is 1. The monoisotopic (exact) mass is 389 g/mol. The van der Waals surface area contributed by atoms with Crippen molar-refractivity contribution in [1.29, 1.82) is 0 Å². The molecule has 2 aromatic heterocycles. The molecule has 2 N–H and O–H groups in total. The van der Waals surface area contributed by atoms with Gasteiger partial charge in [-0.1, -0.05) is 0 Å². The van der Waals surface area contributed by atoms with Crippen molar-refractivity contribution in [3.63, 3.8) is 0 Å². The van der Waals surface area contributed by atoms with Crippen molar-refractivity contribution in [2.75, 3.05) is 24.5 Å². The van der Waals surface area contributed by atoms with Gasteiger partial charge in [0.15, 0.2) is 5.76 Å². The third kappa shape index (κ3) is 3.59. The van der Waals surface area contributed by atoms with Crippen LogP contribution in [0.2, 0.25) is 0 Å².